The highest BCUT2D eigenvalue weighted by Crippen LogP contribution is 2.48. The lowest BCUT2D eigenvalue weighted by molar-refractivity contribution is -0.137. The average Bonchev–Trinajstić information content (AvgIpc) is 3.04. The van der Waals surface area contributed by atoms with E-state index >= 15 is 0 Å². The molecule has 0 radical (unpaired) electrons. The number of ether oxygens (including phenoxy) is 2. The molecule has 256 valence electrons. The lowest BCUT2D eigenvalue weighted by atomic mass is 9.87. The molecule has 49 heavy (non-hydrogen) atoms. The summed E-state index contributed by atoms with van der Waals surface area (Å²) in [6, 6.07) is 21.6. The van der Waals surface area contributed by atoms with Crippen LogP contribution in [0.5, 0.6) is 17.2 Å². The van der Waals surface area contributed by atoms with Crippen molar-refractivity contribution in [1.82, 2.24) is 9.88 Å². The summed E-state index contributed by atoms with van der Waals surface area (Å²) < 4.78 is 94.6. The normalized spacial score (nSPS) is 16.1. The highest BCUT2D eigenvalue weighted by atomic mass is 32.2. The highest BCUT2D eigenvalue weighted by molar-refractivity contribution is 7.85. The number of rotatable bonds is 7. The van der Waals surface area contributed by atoms with Crippen LogP contribution in [0.25, 0.3) is 22.0 Å². The van der Waals surface area contributed by atoms with E-state index in [1.807, 2.05) is 19.1 Å². The monoisotopic (exact) mass is 696 g/mol. The summed E-state index contributed by atoms with van der Waals surface area (Å²) in [7, 11) is -4.02. The number of halogens is 4. The van der Waals surface area contributed by atoms with Gasteiger partial charge in [-0.25, -0.2) is 0 Å². The third-order valence-corrected chi connectivity index (χ3v) is 9.30. The van der Waals surface area contributed by atoms with Gasteiger partial charge in [0.25, 0.3) is 10.1 Å². The number of phenolic OH excluding ortho intramolecular Hbond substituents is 1. The third-order valence-electron chi connectivity index (χ3n) is 8.43. The molecule has 3 heterocycles. The van der Waals surface area contributed by atoms with Gasteiger partial charge in [0.05, 0.1) is 22.7 Å². The second kappa shape index (κ2) is 13.7. The van der Waals surface area contributed by atoms with E-state index in [0.29, 0.717) is 35.5 Å². The number of fused-ring (bicyclic) bond motifs is 5. The van der Waals surface area contributed by atoms with Crippen molar-refractivity contribution in [2.75, 3.05) is 32.9 Å². The summed E-state index contributed by atoms with van der Waals surface area (Å²) in [6.07, 6.45) is -3.60. The fraction of sp³-hybridized carbons (Fsp3) is 0.250. The van der Waals surface area contributed by atoms with Crippen molar-refractivity contribution in [2.24, 2.45) is 5.92 Å². The molecule has 4 aromatic carbocycles. The van der Waals surface area contributed by atoms with Crippen LogP contribution in [0, 0.1) is 12.8 Å². The summed E-state index contributed by atoms with van der Waals surface area (Å²) >= 11 is 0. The molecular formula is C36H32F4N2O6S. The molecule has 2 aliphatic heterocycles. The molecule has 8 nitrogen and oxygen atoms in total. The molecule has 7 rings (SSSR count). The lowest BCUT2D eigenvalue weighted by Crippen LogP contribution is -2.49. The molecule has 0 bridgehead atoms. The fourth-order valence-electron chi connectivity index (χ4n) is 5.84. The molecule has 0 spiro atoms. The number of nitrogens with zero attached hydrogens (tertiary/aromatic N) is 2. The van der Waals surface area contributed by atoms with Crippen LogP contribution in [0.4, 0.5) is 17.6 Å². The first kappa shape index (κ1) is 34.2. The van der Waals surface area contributed by atoms with E-state index in [4.69, 9.17) is 14.0 Å². The number of aryl methyl sites for hydroxylation is 1. The van der Waals surface area contributed by atoms with Crippen LogP contribution in [-0.4, -0.2) is 60.9 Å². The molecule has 0 saturated carbocycles. The fourth-order valence-corrected chi connectivity index (χ4v) is 6.32. The van der Waals surface area contributed by atoms with Crippen LogP contribution >= 0.6 is 0 Å². The molecule has 2 N–H and O–H groups in total. The molecule has 0 aliphatic carbocycles. The van der Waals surface area contributed by atoms with Crippen molar-refractivity contribution in [1.29, 1.82) is 0 Å². The zero-order chi connectivity index (χ0) is 34.9. The average molecular weight is 697 g/mol. The van der Waals surface area contributed by atoms with Crippen molar-refractivity contribution >= 4 is 21.0 Å². The number of pyridine rings is 1. The van der Waals surface area contributed by atoms with Crippen molar-refractivity contribution < 1.29 is 45.1 Å². The Hall–Kier alpha value is -4.72. The first-order valence-electron chi connectivity index (χ1n) is 15.4. The quantitative estimate of drug-likeness (QED) is 0.132. The lowest BCUT2D eigenvalue weighted by Gasteiger charge is -2.37. The molecule has 1 atom stereocenters. The molecule has 1 fully saturated rings. The molecule has 1 aromatic heterocycles. The molecule has 0 unspecified atom stereocenters. The highest BCUT2D eigenvalue weighted by Gasteiger charge is 2.35. The van der Waals surface area contributed by atoms with Crippen molar-refractivity contribution in [3.8, 4) is 28.4 Å². The maximum atomic E-state index is 13.5. The maximum absolute atomic E-state index is 13.5. The summed E-state index contributed by atoms with van der Waals surface area (Å²) in [6.45, 7) is 4.22. The van der Waals surface area contributed by atoms with Gasteiger partial charge in [-0.2, -0.15) is 21.6 Å². The number of likely N-dealkylation sites (tertiary alicyclic amines) is 1. The second-order valence-corrected chi connectivity index (χ2v) is 13.4. The number of aromatic hydroxyl groups is 1. The van der Waals surface area contributed by atoms with Gasteiger partial charge in [-0.05, 0) is 67.1 Å². The van der Waals surface area contributed by atoms with Gasteiger partial charge in [-0.3, -0.25) is 18.8 Å². The first-order chi connectivity index (χ1) is 23.3. The number of alkyl halides is 4. The standard InChI is InChI=1S/C29H24F4N2O3.C7H8O3S/c30-13-17-15-35(16-17)9-10-37-21-5-1-18(2-6-21)28-27-23-8-4-20(36)12-25(23)34-14-24(27)22-7-3-19(29(31,32)33)11-26(22)38-28;1-6-2-4-7(5-3-6)11(8,9)10/h1-8,11-12,14,17,28,36H,9-10,13,15-16H2;2-5H,1H3,(H,8,9,10)/t28-;/m1./s1. The Balaban J connectivity index is 0.000000324. The predicted octanol–water partition coefficient (Wildman–Crippen LogP) is 7.63. The zero-order valence-corrected chi connectivity index (χ0v) is 27.0. The summed E-state index contributed by atoms with van der Waals surface area (Å²) in [5, 5.41) is 10.7. The van der Waals surface area contributed by atoms with Crippen LogP contribution < -0.4 is 9.47 Å². The smallest absolute Gasteiger partial charge is 0.416 e. The number of benzene rings is 4. The Morgan fingerprint density at radius 1 is 0.959 bits per heavy atom. The topological polar surface area (TPSA) is 109 Å². The number of hydrogen-bond acceptors (Lipinski definition) is 7. The van der Waals surface area contributed by atoms with Gasteiger partial charge in [0.1, 0.15) is 23.9 Å². The van der Waals surface area contributed by atoms with Crippen LogP contribution in [0.1, 0.15) is 28.4 Å². The van der Waals surface area contributed by atoms with Gasteiger partial charge in [0.2, 0.25) is 0 Å². The predicted molar refractivity (Wildman–Crippen MR) is 175 cm³/mol. The van der Waals surface area contributed by atoms with Crippen LogP contribution in [0.15, 0.2) is 96.0 Å². The van der Waals surface area contributed by atoms with Gasteiger partial charge in [0, 0.05) is 59.9 Å². The minimum Gasteiger partial charge on any atom is -0.508 e. The van der Waals surface area contributed by atoms with Crippen molar-refractivity contribution in [2.45, 2.75) is 24.1 Å². The molecule has 2 aliphatic rings. The molecule has 5 aromatic rings. The Labute approximate surface area is 280 Å². The minimum atomic E-state index is -4.50. The van der Waals surface area contributed by atoms with Crippen molar-refractivity contribution in [3.63, 3.8) is 0 Å². The minimum absolute atomic E-state index is 0.0633. The molecular weight excluding hydrogens is 664 g/mol. The number of phenols is 1. The van der Waals surface area contributed by atoms with Gasteiger partial charge in [-0.1, -0.05) is 29.8 Å². The van der Waals surface area contributed by atoms with Crippen LogP contribution in [0.2, 0.25) is 0 Å². The van der Waals surface area contributed by atoms with E-state index in [2.05, 4.69) is 9.88 Å². The summed E-state index contributed by atoms with van der Waals surface area (Å²) in [4.78, 5) is 6.52. The van der Waals surface area contributed by atoms with Gasteiger partial charge in [-0.15, -0.1) is 0 Å². The molecule has 1 saturated heterocycles. The Morgan fingerprint density at radius 3 is 2.33 bits per heavy atom. The van der Waals surface area contributed by atoms with E-state index in [9.17, 15) is 31.1 Å². The first-order valence-corrected chi connectivity index (χ1v) is 16.8. The molecule has 13 heteroatoms. The summed E-state index contributed by atoms with van der Waals surface area (Å²) in [5.41, 5.74) is 3.40. The largest absolute Gasteiger partial charge is 0.508 e. The summed E-state index contributed by atoms with van der Waals surface area (Å²) in [5.74, 6) is 0.962. The van der Waals surface area contributed by atoms with Crippen LogP contribution in [0.3, 0.4) is 0 Å². The number of aromatic nitrogens is 1. The molecule has 0 amide bonds. The second-order valence-electron chi connectivity index (χ2n) is 12.0. The van der Waals surface area contributed by atoms with E-state index in [1.54, 1.807) is 48.7 Å². The Kier molecular flexibility index (Phi) is 9.52. The van der Waals surface area contributed by atoms with Crippen molar-refractivity contribution in [3.05, 3.63) is 113 Å². The Morgan fingerprint density at radius 2 is 1.67 bits per heavy atom. The third kappa shape index (κ3) is 7.64. The SMILES string of the molecule is Cc1ccc(S(=O)(=O)O)cc1.Oc1ccc2c3c(cnc2c1)-c1ccc(C(F)(F)F)cc1O[C@@H]3c1ccc(OCCN2CC(CF)C2)cc1. The number of hydrogen-bond donors (Lipinski definition) is 2. The van der Waals surface area contributed by atoms with E-state index in [0.717, 1.165) is 47.3 Å². The van der Waals surface area contributed by atoms with Gasteiger partial charge in [0.15, 0.2) is 6.10 Å². The zero-order valence-electron chi connectivity index (χ0n) is 26.2. The van der Waals surface area contributed by atoms with E-state index in [-0.39, 0.29) is 29.0 Å². The Bertz CT molecular complexity index is 2070. The van der Waals surface area contributed by atoms with Gasteiger partial charge < -0.3 is 14.6 Å². The van der Waals surface area contributed by atoms with E-state index in [1.165, 1.54) is 18.2 Å². The maximum Gasteiger partial charge on any atom is 0.416 e. The van der Waals surface area contributed by atoms with E-state index < -0.39 is 28.0 Å². The van der Waals surface area contributed by atoms with Crippen LogP contribution in [-0.2, 0) is 16.3 Å². The van der Waals surface area contributed by atoms with Gasteiger partial charge >= 0.3 is 6.18 Å².